The van der Waals surface area contributed by atoms with Crippen LogP contribution in [0.3, 0.4) is 0 Å². The normalized spacial score (nSPS) is 12.0. The van der Waals surface area contributed by atoms with Crippen molar-refractivity contribution < 1.29 is 4.79 Å². The summed E-state index contributed by atoms with van der Waals surface area (Å²) in [6, 6.07) is 17.6. The minimum absolute atomic E-state index is 0.124. The maximum Gasteiger partial charge on any atom is 0.235 e. The lowest BCUT2D eigenvalue weighted by atomic mass is 10.2. The first kappa shape index (κ1) is 15.9. The molecule has 2 aromatic rings. The van der Waals surface area contributed by atoms with Crippen LogP contribution in [0.25, 0.3) is 0 Å². The van der Waals surface area contributed by atoms with Crippen molar-refractivity contribution >= 4 is 29.3 Å². The summed E-state index contributed by atoms with van der Waals surface area (Å²) in [7, 11) is 1.84. The highest BCUT2D eigenvalue weighted by Gasteiger charge is 2.18. The number of rotatable bonds is 5. The van der Waals surface area contributed by atoms with Crippen molar-refractivity contribution in [1.29, 1.82) is 0 Å². The highest BCUT2D eigenvalue weighted by Crippen LogP contribution is 2.25. The lowest BCUT2D eigenvalue weighted by molar-refractivity contribution is -0.129. The fraction of sp³-hybridized carbons (Fsp3) is 0.235. The van der Waals surface area contributed by atoms with E-state index < -0.39 is 0 Å². The largest absolute Gasteiger partial charge is 0.340 e. The molecule has 1 atom stereocenters. The zero-order valence-electron chi connectivity index (χ0n) is 12.1. The van der Waals surface area contributed by atoms with Gasteiger partial charge in [0.15, 0.2) is 0 Å². The fourth-order valence-corrected chi connectivity index (χ4v) is 3.12. The van der Waals surface area contributed by atoms with Crippen LogP contribution >= 0.6 is 23.4 Å². The van der Waals surface area contributed by atoms with Crippen LogP contribution in [0, 0.1) is 0 Å². The molecule has 0 bridgehead atoms. The van der Waals surface area contributed by atoms with E-state index in [1.165, 1.54) is 0 Å². The zero-order chi connectivity index (χ0) is 15.2. The van der Waals surface area contributed by atoms with Crippen LogP contribution in [0.2, 0.25) is 5.02 Å². The van der Waals surface area contributed by atoms with Crippen molar-refractivity contribution in [2.45, 2.75) is 23.6 Å². The van der Waals surface area contributed by atoms with Gasteiger partial charge in [-0.25, -0.2) is 0 Å². The summed E-state index contributed by atoms with van der Waals surface area (Å²) in [6.45, 7) is 2.56. The topological polar surface area (TPSA) is 20.3 Å². The van der Waals surface area contributed by atoms with Gasteiger partial charge in [0, 0.05) is 23.5 Å². The van der Waals surface area contributed by atoms with E-state index in [1.807, 2.05) is 68.6 Å². The van der Waals surface area contributed by atoms with Crippen LogP contribution in [0.15, 0.2) is 59.5 Å². The highest BCUT2D eigenvalue weighted by atomic mass is 35.5. The van der Waals surface area contributed by atoms with Crippen LogP contribution in [-0.4, -0.2) is 23.1 Å². The molecule has 0 radical (unpaired) electrons. The van der Waals surface area contributed by atoms with Gasteiger partial charge in [-0.3, -0.25) is 4.79 Å². The Morgan fingerprint density at radius 1 is 1.14 bits per heavy atom. The van der Waals surface area contributed by atoms with E-state index in [0.29, 0.717) is 11.6 Å². The minimum atomic E-state index is -0.125. The van der Waals surface area contributed by atoms with Gasteiger partial charge in [0.05, 0.1) is 5.25 Å². The second-order valence-corrected chi connectivity index (χ2v) is 6.74. The molecule has 0 aromatic heterocycles. The summed E-state index contributed by atoms with van der Waals surface area (Å²) in [5, 5.41) is 0.583. The number of halogens is 1. The van der Waals surface area contributed by atoms with Gasteiger partial charge >= 0.3 is 0 Å². The molecular formula is C17H18ClNOS. The maximum atomic E-state index is 12.4. The molecule has 21 heavy (non-hydrogen) atoms. The molecule has 1 amide bonds. The first-order valence-electron chi connectivity index (χ1n) is 6.77. The Hall–Kier alpha value is -1.45. The van der Waals surface area contributed by atoms with Crippen LogP contribution in [0.4, 0.5) is 0 Å². The van der Waals surface area contributed by atoms with Crippen molar-refractivity contribution in [2.75, 3.05) is 7.05 Å². The quantitative estimate of drug-likeness (QED) is 0.757. The standard InChI is InChI=1S/C17H18ClNOS/c1-13(21-16-10-8-15(18)9-11-16)17(20)19(2)12-14-6-4-3-5-7-14/h3-11,13H,12H2,1-2H3/t13-/m1/s1. The van der Waals surface area contributed by atoms with Gasteiger partial charge < -0.3 is 4.90 Å². The second-order valence-electron chi connectivity index (χ2n) is 4.89. The van der Waals surface area contributed by atoms with Gasteiger partial charge in [-0.2, -0.15) is 0 Å². The Balaban J connectivity index is 1.93. The van der Waals surface area contributed by atoms with E-state index in [-0.39, 0.29) is 11.2 Å². The SMILES string of the molecule is C[C@@H](Sc1ccc(Cl)cc1)C(=O)N(C)Cc1ccccc1. The highest BCUT2D eigenvalue weighted by molar-refractivity contribution is 8.00. The Kier molecular flexibility index (Phi) is 5.71. The van der Waals surface area contributed by atoms with Gasteiger partial charge in [0.25, 0.3) is 0 Å². The van der Waals surface area contributed by atoms with Crippen molar-refractivity contribution in [3.8, 4) is 0 Å². The summed E-state index contributed by atoms with van der Waals surface area (Å²) < 4.78 is 0. The molecule has 2 rings (SSSR count). The number of nitrogens with zero attached hydrogens (tertiary/aromatic N) is 1. The Bertz CT molecular complexity index is 585. The van der Waals surface area contributed by atoms with Gasteiger partial charge in [0.2, 0.25) is 5.91 Å². The molecule has 0 fully saturated rings. The smallest absolute Gasteiger partial charge is 0.235 e. The van der Waals surface area contributed by atoms with E-state index in [4.69, 9.17) is 11.6 Å². The lowest BCUT2D eigenvalue weighted by Gasteiger charge is -2.21. The van der Waals surface area contributed by atoms with Crippen molar-refractivity contribution in [2.24, 2.45) is 0 Å². The Morgan fingerprint density at radius 3 is 2.38 bits per heavy atom. The van der Waals surface area contributed by atoms with Crippen LogP contribution in [0.1, 0.15) is 12.5 Å². The van der Waals surface area contributed by atoms with Crippen LogP contribution in [-0.2, 0) is 11.3 Å². The second kappa shape index (κ2) is 7.53. The van der Waals surface area contributed by atoms with Gasteiger partial charge in [-0.05, 0) is 36.8 Å². The molecule has 0 aliphatic rings. The zero-order valence-corrected chi connectivity index (χ0v) is 13.7. The lowest BCUT2D eigenvalue weighted by Crippen LogP contribution is -2.32. The molecule has 4 heteroatoms. The molecule has 2 nitrogen and oxygen atoms in total. The first-order valence-corrected chi connectivity index (χ1v) is 8.03. The monoisotopic (exact) mass is 319 g/mol. The molecule has 2 aromatic carbocycles. The number of benzene rings is 2. The van der Waals surface area contributed by atoms with Gasteiger partial charge in [0.1, 0.15) is 0 Å². The number of thioether (sulfide) groups is 1. The fourth-order valence-electron chi connectivity index (χ4n) is 2.01. The van der Waals surface area contributed by atoms with Crippen LogP contribution < -0.4 is 0 Å². The molecule has 0 saturated carbocycles. The molecule has 0 aliphatic heterocycles. The summed E-state index contributed by atoms with van der Waals surface area (Å²) in [4.78, 5) is 15.2. The summed E-state index contributed by atoms with van der Waals surface area (Å²) in [5.74, 6) is 0.124. The third-order valence-electron chi connectivity index (χ3n) is 3.11. The molecule has 0 saturated heterocycles. The summed E-state index contributed by atoms with van der Waals surface area (Å²) in [6.07, 6.45) is 0. The predicted octanol–water partition coefficient (Wildman–Crippen LogP) is 4.48. The number of amides is 1. The molecule has 0 unspecified atom stereocenters. The molecule has 0 spiro atoms. The van der Waals surface area contributed by atoms with E-state index in [2.05, 4.69) is 0 Å². The van der Waals surface area contributed by atoms with Crippen molar-refractivity contribution in [3.05, 3.63) is 65.2 Å². The van der Waals surface area contributed by atoms with E-state index in [0.717, 1.165) is 10.5 Å². The van der Waals surface area contributed by atoms with Gasteiger partial charge in [-0.15, -0.1) is 11.8 Å². The number of carbonyl (C=O) groups is 1. The van der Waals surface area contributed by atoms with E-state index in [1.54, 1.807) is 16.7 Å². The average molecular weight is 320 g/mol. The number of carbonyl (C=O) groups excluding carboxylic acids is 1. The van der Waals surface area contributed by atoms with E-state index >= 15 is 0 Å². The Morgan fingerprint density at radius 2 is 1.76 bits per heavy atom. The number of hydrogen-bond donors (Lipinski definition) is 0. The molecule has 110 valence electrons. The van der Waals surface area contributed by atoms with E-state index in [9.17, 15) is 4.79 Å². The Labute approximate surface area is 135 Å². The molecule has 0 heterocycles. The first-order chi connectivity index (χ1) is 10.1. The molecular weight excluding hydrogens is 302 g/mol. The molecule has 0 aliphatic carbocycles. The maximum absolute atomic E-state index is 12.4. The summed E-state index contributed by atoms with van der Waals surface area (Å²) in [5.41, 5.74) is 1.14. The van der Waals surface area contributed by atoms with Crippen LogP contribution in [0.5, 0.6) is 0 Å². The number of hydrogen-bond acceptors (Lipinski definition) is 2. The predicted molar refractivity (Wildman–Crippen MR) is 89.7 cm³/mol. The summed E-state index contributed by atoms with van der Waals surface area (Å²) >= 11 is 7.42. The van der Waals surface area contributed by atoms with Gasteiger partial charge in [-0.1, -0.05) is 41.9 Å². The van der Waals surface area contributed by atoms with Crippen molar-refractivity contribution in [3.63, 3.8) is 0 Å². The third-order valence-corrected chi connectivity index (χ3v) is 4.46. The molecule has 0 N–H and O–H groups in total. The minimum Gasteiger partial charge on any atom is -0.340 e. The van der Waals surface area contributed by atoms with Crippen molar-refractivity contribution in [1.82, 2.24) is 4.90 Å². The average Bonchev–Trinajstić information content (AvgIpc) is 2.49. The third kappa shape index (κ3) is 4.80.